The van der Waals surface area contributed by atoms with Crippen molar-refractivity contribution in [2.45, 2.75) is 51.7 Å². The van der Waals surface area contributed by atoms with Gasteiger partial charge in [0.25, 0.3) is 0 Å². The highest BCUT2D eigenvalue weighted by molar-refractivity contribution is 5.41. The van der Waals surface area contributed by atoms with Crippen LogP contribution < -0.4 is 4.90 Å². The fourth-order valence-corrected chi connectivity index (χ4v) is 2.96. The van der Waals surface area contributed by atoms with Crippen molar-refractivity contribution in [3.05, 3.63) is 17.6 Å². The summed E-state index contributed by atoms with van der Waals surface area (Å²) in [4.78, 5) is 14.5. The first-order chi connectivity index (χ1) is 10.5. The molecule has 0 radical (unpaired) electrons. The minimum Gasteiger partial charge on any atom is -0.378 e. The Morgan fingerprint density at radius 1 is 1.14 bits per heavy atom. The quantitative estimate of drug-likeness (QED) is 0.853. The number of rotatable bonds is 4. The lowest BCUT2D eigenvalue weighted by Gasteiger charge is -2.36. The van der Waals surface area contributed by atoms with Crippen LogP contribution in [0.15, 0.2) is 6.07 Å². The topological polar surface area (TPSA) is 41.5 Å². The van der Waals surface area contributed by atoms with E-state index in [1.54, 1.807) is 7.11 Å². The molecule has 2 aliphatic rings. The Hall–Kier alpha value is -1.20. The predicted octanol–water partition coefficient (Wildman–Crippen LogP) is 2.20. The Morgan fingerprint density at radius 2 is 1.82 bits per heavy atom. The molecule has 2 fully saturated rings. The molecule has 22 heavy (non-hydrogen) atoms. The van der Waals surface area contributed by atoms with Crippen molar-refractivity contribution in [1.29, 1.82) is 0 Å². The molecule has 1 aliphatic heterocycles. The molecule has 122 valence electrons. The second kappa shape index (κ2) is 6.13. The average Bonchev–Trinajstić information content (AvgIpc) is 3.31. The summed E-state index contributed by atoms with van der Waals surface area (Å²) in [5.41, 5.74) is 0.927. The average molecular weight is 304 g/mol. The van der Waals surface area contributed by atoms with Gasteiger partial charge in [-0.15, -0.1) is 0 Å². The summed E-state index contributed by atoms with van der Waals surface area (Å²) in [7, 11) is 1.72. The van der Waals surface area contributed by atoms with Gasteiger partial charge >= 0.3 is 0 Å². The number of hydrogen-bond acceptors (Lipinski definition) is 5. The fraction of sp³-hybridized carbons (Fsp3) is 0.765. The van der Waals surface area contributed by atoms with E-state index in [-0.39, 0.29) is 5.41 Å². The first kappa shape index (κ1) is 15.7. The first-order valence-electron chi connectivity index (χ1n) is 8.34. The zero-order valence-electron chi connectivity index (χ0n) is 14.3. The maximum Gasteiger partial charge on any atom is 0.136 e. The van der Waals surface area contributed by atoms with E-state index in [1.807, 2.05) is 0 Å². The molecule has 0 aromatic carbocycles. The summed E-state index contributed by atoms with van der Waals surface area (Å²) in [6.07, 6.45) is 2.78. The summed E-state index contributed by atoms with van der Waals surface area (Å²) >= 11 is 0. The van der Waals surface area contributed by atoms with Crippen molar-refractivity contribution in [2.24, 2.45) is 0 Å². The molecular weight excluding hydrogens is 276 g/mol. The van der Waals surface area contributed by atoms with E-state index >= 15 is 0 Å². The molecule has 0 amide bonds. The van der Waals surface area contributed by atoms with E-state index in [0.29, 0.717) is 6.61 Å². The van der Waals surface area contributed by atoms with Gasteiger partial charge in [0.15, 0.2) is 0 Å². The van der Waals surface area contributed by atoms with Crippen LogP contribution in [-0.4, -0.2) is 54.2 Å². The van der Waals surface area contributed by atoms with Gasteiger partial charge in [-0.2, -0.15) is 0 Å². The van der Waals surface area contributed by atoms with E-state index < -0.39 is 0 Å². The second-order valence-corrected chi connectivity index (χ2v) is 7.48. The van der Waals surface area contributed by atoms with Gasteiger partial charge in [-0.3, -0.25) is 4.90 Å². The number of ether oxygens (including phenoxy) is 1. The summed E-state index contributed by atoms with van der Waals surface area (Å²) in [6.45, 7) is 11.4. The minimum atomic E-state index is -0.0473. The van der Waals surface area contributed by atoms with Crippen LogP contribution in [0.1, 0.15) is 45.1 Å². The van der Waals surface area contributed by atoms with Gasteiger partial charge in [0, 0.05) is 50.8 Å². The van der Waals surface area contributed by atoms with E-state index in [0.717, 1.165) is 49.6 Å². The van der Waals surface area contributed by atoms with Crippen molar-refractivity contribution in [2.75, 3.05) is 38.2 Å². The zero-order valence-corrected chi connectivity index (χ0v) is 14.3. The van der Waals surface area contributed by atoms with Gasteiger partial charge in [0.05, 0.1) is 12.3 Å². The van der Waals surface area contributed by atoms with Crippen molar-refractivity contribution in [1.82, 2.24) is 14.9 Å². The Labute approximate surface area is 133 Å². The molecular formula is C17H28N4O. The van der Waals surface area contributed by atoms with Crippen LogP contribution in [0.4, 0.5) is 5.82 Å². The van der Waals surface area contributed by atoms with Gasteiger partial charge in [0.1, 0.15) is 11.6 Å². The molecule has 0 bridgehead atoms. The third kappa shape index (κ3) is 3.58. The third-order valence-electron chi connectivity index (χ3n) is 4.43. The SMILES string of the molecule is COCc1cc(N2CCN(C3CC3)CC2)nc(C(C)(C)C)n1. The van der Waals surface area contributed by atoms with E-state index in [2.05, 4.69) is 41.6 Å². The molecule has 0 N–H and O–H groups in total. The molecule has 2 heterocycles. The van der Waals surface area contributed by atoms with Crippen LogP contribution >= 0.6 is 0 Å². The highest BCUT2D eigenvalue weighted by Crippen LogP contribution is 2.29. The molecule has 3 rings (SSSR count). The van der Waals surface area contributed by atoms with Crippen molar-refractivity contribution in [3.8, 4) is 0 Å². The van der Waals surface area contributed by atoms with Gasteiger partial charge in [-0.1, -0.05) is 20.8 Å². The Bertz CT molecular complexity index is 514. The maximum absolute atomic E-state index is 5.28. The van der Waals surface area contributed by atoms with Gasteiger partial charge in [-0.05, 0) is 12.8 Å². The number of methoxy groups -OCH3 is 1. The number of piperazine rings is 1. The summed E-state index contributed by atoms with van der Waals surface area (Å²) in [6, 6.07) is 2.95. The molecule has 1 aliphatic carbocycles. The number of anilines is 1. The highest BCUT2D eigenvalue weighted by atomic mass is 16.5. The van der Waals surface area contributed by atoms with Gasteiger partial charge in [-0.25, -0.2) is 9.97 Å². The van der Waals surface area contributed by atoms with Crippen molar-refractivity contribution in [3.63, 3.8) is 0 Å². The molecule has 1 aromatic heterocycles. The molecule has 1 saturated heterocycles. The third-order valence-corrected chi connectivity index (χ3v) is 4.43. The first-order valence-corrected chi connectivity index (χ1v) is 8.34. The summed E-state index contributed by atoms with van der Waals surface area (Å²) in [5.74, 6) is 1.96. The van der Waals surface area contributed by atoms with E-state index in [9.17, 15) is 0 Å². The molecule has 0 atom stereocenters. The van der Waals surface area contributed by atoms with Crippen molar-refractivity contribution < 1.29 is 4.74 Å². The van der Waals surface area contributed by atoms with Crippen LogP contribution in [0.2, 0.25) is 0 Å². The maximum atomic E-state index is 5.28. The van der Waals surface area contributed by atoms with Crippen LogP contribution in [0, 0.1) is 0 Å². The summed E-state index contributed by atoms with van der Waals surface area (Å²) in [5, 5.41) is 0. The normalized spacial score (nSPS) is 20.5. The lowest BCUT2D eigenvalue weighted by Crippen LogP contribution is -2.47. The van der Waals surface area contributed by atoms with Gasteiger partial charge < -0.3 is 9.64 Å². The Morgan fingerprint density at radius 3 is 2.36 bits per heavy atom. The number of aromatic nitrogens is 2. The fourth-order valence-electron chi connectivity index (χ4n) is 2.96. The lowest BCUT2D eigenvalue weighted by atomic mass is 9.95. The molecule has 1 saturated carbocycles. The Balaban J connectivity index is 1.78. The smallest absolute Gasteiger partial charge is 0.136 e. The van der Waals surface area contributed by atoms with E-state index in [4.69, 9.17) is 9.72 Å². The van der Waals surface area contributed by atoms with Crippen LogP contribution in [0.25, 0.3) is 0 Å². The molecule has 5 nitrogen and oxygen atoms in total. The van der Waals surface area contributed by atoms with Crippen LogP contribution in [0.5, 0.6) is 0 Å². The largest absolute Gasteiger partial charge is 0.378 e. The zero-order chi connectivity index (χ0) is 15.7. The lowest BCUT2D eigenvalue weighted by molar-refractivity contribution is 0.181. The standard InChI is InChI=1S/C17H28N4O/c1-17(2,3)16-18-13(12-22-4)11-15(19-16)21-9-7-20(8-10-21)14-5-6-14/h11,14H,5-10,12H2,1-4H3. The van der Waals surface area contributed by atoms with Crippen molar-refractivity contribution >= 4 is 5.82 Å². The molecule has 0 unspecified atom stereocenters. The molecule has 0 spiro atoms. The molecule has 5 heteroatoms. The summed E-state index contributed by atoms with van der Waals surface area (Å²) < 4.78 is 5.28. The van der Waals surface area contributed by atoms with Gasteiger partial charge in [0.2, 0.25) is 0 Å². The monoisotopic (exact) mass is 304 g/mol. The number of hydrogen-bond donors (Lipinski definition) is 0. The predicted molar refractivity (Wildman–Crippen MR) is 88.3 cm³/mol. The van der Waals surface area contributed by atoms with Crippen LogP contribution in [0.3, 0.4) is 0 Å². The van der Waals surface area contributed by atoms with E-state index in [1.165, 1.54) is 12.8 Å². The second-order valence-electron chi connectivity index (χ2n) is 7.48. The number of nitrogens with zero attached hydrogens (tertiary/aromatic N) is 4. The minimum absolute atomic E-state index is 0.0473. The Kier molecular flexibility index (Phi) is 4.37. The van der Waals surface area contributed by atoms with Crippen LogP contribution in [-0.2, 0) is 16.8 Å². The highest BCUT2D eigenvalue weighted by Gasteiger charge is 2.31. The molecule has 1 aromatic rings.